The van der Waals surface area contributed by atoms with Crippen LogP contribution in [0, 0.1) is 0 Å². The highest BCUT2D eigenvalue weighted by atomic mass is 31.1. The Bertz CT molecular complexity index is 287. The molecule has 0 aliphatic rings. The summed E-state index contributed by atoms with van der Waals surface area (Å²) >= 11 is 0. The number of hydrogen-bond donors (Lipinski definition) is 0. The molecule has 0 aromatic carbocycles. The zero-order valence-electron chi connectivity index (χ0n) is 8.55. The van der Waals surface area contributed by atoms with Crippen LogP contribution in [-0.2, 0) is 28.4 Å². The van der Waals surface area contributed by atoms with Crippen molar-refractivity contribution >= 4 is 25.9 Å². The van der Waals surface area contributed by atoms with Gasteiger partial charge in [0.15, 0.2) is 12.2 Å². The SMILES string of the molecule is CC(=O)O[C@@H](C)C(=O)O[C@@H](C)C(=O)P=O. The third-order valence-corrected chi connectivity index (χ3v) is 1.95. The highest BCUT2D eigenvalue weighted by molar-refractivity contribution is 7.46. The minimum Gasteiger partial charge on any atom is -0.451 e. The largest absolute Gasteiger partial charge is 0.451 e. The van der Waals surface area contributed by atoms with Crippen molar-refractivity contribution in [2.45, 2.75) is 33.0 Å². The number of esters is 2. The van der Waals surface area contributed by atoms with Gasteiger partial charge in [0.25, 0.3) is 5.52 Å². The standard InChI is InChI=1S/C8H11O6P/c1-4(13-6(3)9)7(10)14-5(2)8(11)15-12/h4-5H,1-3H3/t4-,5-/m0/s1. The number of ether oxygens (including phenoxy) is 2. The Morgan fingerprint density at radius 3 is 2.00 bits per heavy atom. The molecule has 0 bridgehead atoms. The van der Waals surface area contributed by atoms with Crippen molar-refractivity contribution in [1.29, 1.82) is 0 Å². The third kappa shape index (κ3) is 5.22. The van der Waals surface area contributed by atoms with Gasteiger partial charge in [-0.05, 0) is 13.8 Å². The van der Waals surface area contributed by atoms with Crippen molar-refractivity contribution in [2.75, 3.05) is 0 Å². The molecule has 0 aliphatic heterocycles. The molecule has 0 heterocycles. The van der Waals surface area contributed by atoms with E-state index in [0.717, 1.165) is 6.92 Å². The van der Waals surface area contributed by atoms with Gasteiger partial charge in [-0.1, -0.05) is 0 Å². The summed E-state index contributed by atoms with van der Waals surface area (Å²) in [6, 6.07) is 0. The fourth-order valence-electron chi connectivity index (χ4n) is 0.692. The zero-order chi connectivity index (χ0) is 12.0. The van der Waals surface area contributed by atoms with E-state index in [1.54, 1.807) is 0 Å². The predicted octanol–water partition coefficient (Wildman–Crippen LogP) is 0.688. The summed E-state index contributed by atoms with van der Waals surface area (Å²) in [7, 11) is -0.723. The second-order valence-corrected chi connectivity index (χ2v) is 3.38. The van der Waals surface area contributed by atoms with Crippen molar-refractivity contribution in [3.8, 4) is 0 Å². The number of hydrogen-bond acceptors (Lipinski definition) is 6. The molecule has 0 saturated heterocycles. The van der Waals surface area contributed by atoms with Crippen LogP contribution in [0.3, 0.4) is 0 Å². The van der Waals surface area contributed by atoms with Crippen LogP contribution in [0.4, 0.5) is 0 Å². The fraction of sp³-hybridized carbons (Fsp3) is 0.625. The molecule has 0 aromatic heterocycles. The summed E-state index contributed by atoms with van der Waals surface area (Å²) in [6.07, 6.45) is -2.20. The predicted molar refractivity (Wildman–Crippen MR) is 49.4 cm³/mol. The van der Waals surface area contributed by atoms with Gasteiger partial charge in [0, 0.05) is 6.92 Å². The van der Waals surface area contributed by atoms with E-state index in [4.69, 9.17) is 0 Å². The van der Waals surface area contributed by atoms with Crippen LogP contribution >= 0.6 is 8.46 Å². The van der Waals surface area contributed by atoms with Crippen LogP contribution in [0.15, 0.2) is 0 Å². The zero-order valence-corrected chi connectivity index (χ0v) is 9.45. The smallest absolute Gasteiger partial charge is 0.347 e. The Hall–Kier alpha value is -1.29. The van der Waals surface area contributed by atoms with Crippen molar-refractivity contribution < 1.29 is 28.4 Å². The first kappa shape index (κ1) is 13.7. The van der Waals surface area contributed by atoms with Crippen molar-refractivity contribution in [2.24, 2.45) is 0 Å². The topological polar surface area (TPSA) is 86.7 Å². The molecule has 0 spiro atoms. The highest BCUT2D eigenvalue weighted by Crippen LogP contribution is 2.06. The third-order valence-electron chi connectivity index (χ3n) is 1.41. The monoisotopic (exact) mass is 234 g/mol. The lowest BCUT2D eigenvalue weighted by atomic mass is 10.4. The summed E-state index contributed by atoms with van der Waals surface area (Å²) in [4.78, 5) is 32.4. The lowest BCUT2D eigenvalue weighted by Gasteiger charge is -2.13. The minimum absolute atomic E-state index is 0.625. The normalized spacial score (nSPS) is 14.1. The Kier molecular flexibility index (Phi) is 5.70. The molecular formula is C8H11O6P. The van der Waals surface area contributed by atoms with Crippen LogP contribution in [0.2, 0.25) is 0 Å². The van der Waals surface area contributed by atoms with E-state index >= 15 is 0 Å². The van der Waals surface area contributed by atoms with Crippen LogP contribution < -0.4 is 0 Å². The minimum atomic E-state index is -1.12. The van der Waals surface area contributed by atoms with E-state index in [2.05, 4.69) is 9.47 Å². The van der Waals surface area contributed by atoms with Crippen LogP contribution in [-0.4, -0.2) is 29.7 Å². The summed E-state index contributed by atoms with van der Waals surface area (Å²) < 4.78 is 19.3. The number of carbonyl (C=O) groups is 3. The maximum Gasteiger partial charge on any atom is 0.347 e. The number of rotatable bonds is 5. The van der Waals surface area contributed by atoms with Crippen LogP contribution in [0.25, 0.3) is 0 Å². The Balaban J connectivity index is 4.18. The van der Waals surface area contributed by atoms with Gasteiger partial charge in [-0.15, -0.1) is 0 Å². The summed E-state index contributed by atoms with van der Waals surface area (Å²) in [5, 5.41) is 0. The lowest BCUT2D eigenvalue weighted by molar-refractivity contribution is -0.169. The molecule has 0 unspecified atom stereocenters. The average Bonchev–Trinajstić information content (AvgIpc) is 2.15. The van der Waals surface area contributed by atoms with Gasteiger partial charge in [-0.2, -0.15) is 0 Å². The van der Waals surface area contributed by atoms with Gasteiger partial charge in [0.05, 0.1) is 0 Å². The van der Waals surface area contributed by atoms with Gasteiger partial charge in [0.2, 0.25) is 8.46 Å². The van der Waals surface area contributed by atoms with E-state index in [0.29, 0.717) is 0 Å². The van der Waals surface area contributed by atoms with E-state index < -0.39 is 38.1 Å². The first-order valence-corrected chi connectivity index (χ1v) is 4.94. The Labute approximate surface area is 88.1 Å². The molecule has 0 rings (SSSR count). The quantitative estimate of drug-likeness (QED) is 0.513. The van der Waals surface area contributed by atoms with E-state index in [9.17, 15) is 18.9 Å². The Morgan fingerprint density at radius 1 is 1.07 bits per heavy atom. The molecule has 0 amide bonds. The van der Waals surface area contributed by atoms with Crippen molar-refractivity contribution in [1.82, 2.24) is 0 Å². The van der Waals surface area contributed by atoms with Crippen LogP contribution in [0.5, 0.6) is 0 Å². The van der Waals surface area contributed by atoms with E-state index in [1.807, 2.05) is 0 Å². The van der Waals surface area contributed by atoms with Gasteiger partial charge in [-0.25, -0.2) is 4.79 Å². The second-order valence-electron chi connectivity index (χ2n) is 2.76. The molecular weight excluding hydrogens is 223 g/mol. The molecule has 0 radical (unpaired) electrons. The maximum atomic E-state index is 11.2. The maximum absolute atomic E-state index is 11.2. The Morgan fingerprint density at radius 2 is 1.60 bits per heavy atom. The molecule has 0 N–H and O–H groups in total. The van der Waals surface area contributed by atoms with Crippen molar-refractivity contribution in [3.63, 3.8) is 0 Å². The molecule has 0 aromatic rings. The summed E-state index contributed by atoms with van der Waals surface area (Å²) in [5.74, 6) is -1.48. The molecule has 2 atom stereocenters. The molecule has 6 nitrogen and oxygen atoms in total. The highest BCUT2D eigenvalue weighted by Gasteiger charge is 2.23. The van der Waals surface area contributed by atoms with E-state index in [-0.39, 0.29) is 0 Å². The second kappa shape index (κ2) is 6.24. The van der Waals surface area contributed by atoms with Gasteiger partial charge in [0.1, 0.15) is 0 Å². The summed E-state index contributed by atoms with van der Waals surface area (Å²) in [5.41, 5.74) is -0.752. The average molecular weight is 234 g/mol. The van der Waals surface area contributed by atoms with Crippen molar-refractivity contribution in [3.05, 3.63) is 0 Å². The first-order chi connectivity index (χ1) is 6.88. The molecule has 7 heteroatoms. The lowest BCUT2D eigenvalue weighted by Crippen LogP contribution is -2.30. The molecule has 0 saturated carbocycles. The fourth-order valence-corrected chi connectivity index (χ4v) is 0.893. The summed E-state index contributed by atoms with van der Waals surface area (Å²) in [6.45, 7) is 3.75. The molecule has 0 fully saturated rings. The first-order valence-electron chi connectivity index (χ1n) is 4.13. The molecule has 84 valence electrons. The molecule has 0 aliphatic carbocycles. The number of carbonyl (C=O) groups excluding carboxylic acids is 3. The molecule has 15 heavy (non-hydrogen) atoms. The van der Waals surface area contributed by atoms with E-state index in [1.165, 1.54) is 13.8 Å². The van der Waals surface area contributed by atoms with Gasteiger partial charge >= 0.3 is 11.9 Å². The van der Waals surface area contributed by atoms with Gasteiger partial charge in [-0.3, -0.25) is 14.2 Å². The van der Waals surface area contributed by atoms with Crippen LogP contribution in [0.1, 0.15) is 20.8 Å². The van der Waals surface area contributed by atoms with Gasteiger partial charge < -0.3 is 9.47 Å².